The molecule has 0 fully saturated rings. The van der Waals surface area contributed by atoms with Crippen molar-refractivity contribution in [3.63, 3.8) is 0 Å². The van der Waals surface area contributed by atoms with Crippen molar-refractivity contribution in [2.24, 2.45) is 0 Å². The van der Waals surface area contributed by atoms with Crippen LogP contribution in [0, 0.1) is 6.92 Å². The molecule has 2 rings (SSSR count). The van der Waals surface area contributed by atoms with Gasteiger partial charge in [-0.15, -0.1) is 0 Å². The molecule has 0 saturated carbocycles. The van der Waals surface area contributed by atoms with E-state index in [-0.39, 0.29) is 5.91 Å². The van der Waals surface area contributed by atoms with Gasteiger partial charge in [-0.1, -0.05) is 29.8 Å². The van der Waals surface area contributed by atoms with Crippen LogP contribution in [0.1, 0.15) is 11.1 Å². The van der Waals surface area contributed by atoms with Gasteiger partial charge in [-0.2, -0.15) is 0 Å². The van der Waals surface area contributed by atoms with E-state index in [0.717, 1.165) is 16.9 Å². The molecule has 0 radical (unpaired) electrons. The fraction of sp³-hybridized carbons (Fsp3) is 0.118. The van der Waals surface area contributed by atoms with Crippen molar-refractivity contribution in [3.05, 3.63) is 64.7 Å². The van der Waals surface area contributed by atoms with E-state index in [9.17, 15) is 4.79 Å². The molecule has 21 heavy (non-hydrogen) atoms. The molecule has 0 aliphatic carbocycles. The largest absolute Gasteiger partial charge is 0.497 e. The molecule has 0 spiro atoms. The van der Waals surface area contributed by atoms with Gasteiger partial charge < -0.3 is 10.1 Å². The van der Waals surface area contributed by atoms with Crippen molar-refractivity contribution in [2.45, 2.75) is 6.92 Å². The first-order valence-corrected chi connectivity index (χ1v) is 6.85. The Bertz CT molecular complexity index is 663. The van der Waals surface area contributed by atoms with Crippen LogP contribution in [-0.2, 0) is 4.79 Å². The van der Waals surface area contributed by atoms with E-state index in [1.54, 1.807) is 19.3 Å². The first-order chi connectivity index (χ1) is 10.1. The third kappa shape index (κ3) is 4.36. The van der Waals surface area contributed by atoms with Gasteiger partial charge in [0.2, 0.25) is 5.91 Å². The number of nitrogens with one attached hydrogen (secondary N) is 1. The maximum Gasteiger partial charge on any atom is 0.248 e. The smallest absolute Gasteiger partial charge is 0.248 e. The molecular formula is C17H16ClNO2. The number of carbonyl (C=O) groups excluding carboxylic acids is 1. The number of carbonyl (C=O) groups is 1. The zero-order chi connectivity index (χ0) is 15.2. The average molecular weight is 302 g/mol. The number of ether oxygens (including phenoxy) is 1. The molecule has 3 nitrogen and oxygen atoms in total. The van der Waals surface area contributed by atoms with Gasteiger partial charge in [0.25, 0.3) is 0 Å². The fourth-order valence-electron chi connectivity index (χ4n) is 1.74. The standard InChI is InChI=1S/C17H16ClNO2/c1-12-3-7-14(11-16(12)18)19-17(20)10-6-13-4-8-15(21-2)9-5-13/h3-11H,1-2H3,(H,19,20)/b10-6-. The summed E-state index contributed by atoms with van der Waals surface area (Å²) in [6, 6.07) is 12.9. The first kappa shape index (κ1) is 15.1. The fourth-order valence-corrected chi connectivity index (χ4v) is 1.92. The number of hydrogen-bond acceptors (Lipinski definition) is 2. The van der Waals surface area contributed by atoms with Crippen LogP contribution in [0.3, 0.4) is 0 Å². The lowest BCUT2D eigenvalue weighted by Crippen LogP contribution is -2.07. The summed E-state index contributed by atoms with van der Waals surface area (Å²) in [6.07, 6.45) is 3.22. The highest BCUT2D eigenvalue weighted by Crippen LogP contribution is 2.20. The summed E-state index contributed by atoms with van der Waals surface area (Å²) >= 11 is 6.02. The van der Waals surface area contributed by atoms with Crippen LogP contribution in [0.2, 0.25) is 5.02 Å². The lowest BCUT2D eigenvalue weighted by atomic mass is 10.2. The summed E-state index contributed by atoms with van der Waals surface area (Å²) in [7, 11) is 1.62. The van der Waals surface area contributed by atoms with Crippen molar-refractivity contribution in [3.8, 4) is 5.75 Å². The number of aryl methyl sites for hydroxylation is 1. The summed E-state index contributed by atoms with van der Waals surface area (Å²) in [4.78, 5) is 11.8. The summed E-state index contributed by atoms with van der Waals surface area (Å²) < 4.78 is 5.08. The molecule has 4 heteroatoms. The van der Waals surface area contributed by atoms with Crippen LogP contribution in [0.4, 0.5) is 5.69 Å². The minimum absolute atomic E-state index is 0.203. The Balaban J connectivity index is 1.99. The van der Waals surface area contributed by atoms with Gasteiger partial charge in [-0.3, -0.25) is 4.79 Å². The van der Waals surface area contributed by atoms with E-state index in [1.165, 1.54) is 6.08 Å². The van der Waals surface area contributed by atoms with Crippen molar-refractivity contribution >= 4 is 29.3 Å². The summed E-state index contributed by atoms with van der Waals surface area (Å²) in [6.45, 7) is 1.91. The number of anilines is 1. The quantitative estimate of drug-likeness (QED) is 0.855. The lowest BCUT2D eigenvalue weighted by molar-refractivity contribution is -0.111. The highest BCUT2D eigenvalue weighted by atomic mass is 35.5. The lowest BCUT2D eigenvalue weighted by Gasteiger charge is -2.04. The second-order valence-electron chi connectivity index (χ2n) is 4.56. The molecule has 0 atom stereocenters. The van der Waals surface area contributed by atoms with E-state index in [2.05, 4.69) is 5.32 Å². The monoisotopic (exact) mass is 301 g/mol. The number of rotatable bonds is 4. The second-order valence-corrected chi connectivity index (χ2v) is 4.97. The van der Waals surface area contributed by atoms with E-state index < -0.39 is 0 Å². The predicted octanol–water partition coefficient (Wildman–Crippen LogP) is 4.31. The Morgan fingerprint density at radius 2 is 1.90 bits per heavy atom. The number of hydrogen-bond donors (Lipinski definition) is 1. The first-order valence-electron chi connectivity index (χ1n) is 6.48. The van der Waals surface area contributed by atoms with E-state index in [0.29, 0.717) is 10.7 Å². The maximum atomic E-state index is 11.8. The minimum Gasteiger partial charge on any atom is -0.497 e. The Morgan fingerprint density at radius 3 is 2.52 bits per heavy atom. The van der Waals surface area contributed by atoms with Gasteiger partial charge >= 0.3 is 0 Å². The zero-order valence-electron chi connectivity index (χ0n) is 11.9. The predicted molar refractivity (Wildman–Crippen MR) is 86.8 cm³/mol. The molecule has 0 aromatic heterocycles. The summed E-state index contributed by atoms with van der Waals surface area (Å²) in [5, 5.41) is 3.40. The molecule has 2 aromatic rings. The molecular weight excluding hydrogens is 286 g/mol. The molecule has 0 aliphatic rings. The van der Waals surface area contributed by atoms with Crippen LogP contribution < -0.4 is 10.1 Å². The van der Waals surface area contributed by atoms with Crippen molar-refractivity contribution in [1.29, 1.82) is 0 Å². The molecule has 0 heterocycles. The highest BCUT2D eigenvalue weighted by Gasteiger charge is 2.01. The van der Waals surface area contributed by atoms with E-state index in [1.807, 2.05) is 43.3 Å². The van der Waals surface area contributed by atoms with Crippen LogP contribution in [-0.4, -0.2) is 13.0 Å². The summed E-state index contributed by atoms with van der Waals surface area (Å²) in [5.74, 6) is 0.580. The number of benzene rings is 2. The van der Waals surface area contributed by atoms with Gasteiger partial charge in [0.15, 0.2) is 0 Å². The number of halogens is 1. The van der Waals surface area contributed by atoms with Gasteiger partial charge in [0.1, 0.15) is 5.75 Å². The van der Waals surface area contributed by atoms with E-state index in [4.69, 9.17) is 16.3 Å². The zero-order valence-corrected chi connectivity index (χ0v) is 12.6. The molecule has 2 aromatic carbocycles. The third-order valence-electron chi connectivity index (χ3n) is 2.98. The van der Waals surface area contributed by atoms with Gasteiger partial charge in [-0.25, -0.2) is 0 Å². The number of amides is 1. The maximum absolute atomic E-state index is 11.8. The van der Waals surface area contributed by atoms with Gasteiger partial charge in [0.05, 0.1) is 7.11 Å². The van der Waals surface area contributed by atoms with Crippen LogP contribution in [0.15, 0.2) is 48.5 Å². The molecule has 1 amide bonds. The average Bonchev–Trinajstić information content (AvgIpc) is 2.49. The molecule has 0 unspecified atom stereocenters. The normalized spacial score (nSPS) is 10.6. The third-order valence-corrected chi connectivity index (χ3v) is 3.39. The van der Waals surface area contributed by atoms with Crippen LogP contribution in [0.25, 0.3) is 6.08 Å². The van der Waals surface area contributed by atoms with Crippen molar-refractivity contribution in [2.75, 3.05) is 12.4 Å². The Morgan fingerprint density at radius 1 is 1.19 bits per heavy atom. The topological polar surface area (TPSA) is 38.3 Å². The van der Waals surface area contributed by atoms with Crippen LogP contribution in [0.5, 0.6) is 5.75 Å². The van der Waals surface area contributed by atoms with Crippen molar-refractivity contribution < 1.29 is 9.53 Å². The summed E-state index contributed by atoms with van der Waals surface area (Å²) in [5.41, 5.74) is 2.58. The second kappa shape index (κ2) is 6.95. The minimum atomic E-state index is -0.203. The van der Waals surface area contributed by atoms with Gasteiger partial charge in [0, 0.05) is 16.8 Å². The Kier molecular flexibility index (Phi) is 5.01. The van der Waals surface area contributed by atoms with Crippen molar-refractivity contribution in [1.82, 2.24) is 0 Å². The Labute approximate surface area is 129 Å². The van der Waals surface area contributed by atoms with Crippen LogP contribution >= 0.6 is 11.6 Å². The molecule has 0 aliphatic heterocycles. The molecule has 0 bridgehead atoms. The molecule has 108 valence electrons. The SMILES string of the molecule is COc1ccc(/C=C\C(=O)Nc2ccc(C)c(Cl)c2)cc1. The molecule has 1 N–H and O–H groups in total. The number of methoxy groups -OCH3 is 1. The highest BCUT2D eigenvalue weighted by molar-refractivity contribution is 6.31. The van der Waals surface area contributed by atoms with E-state index >= 15 is 0 Å². The van der Waals surface area contributed by atoms with Gasteiger partial charge in [-0.05, 0) is 48.4 Å². The Hall–Kier alpha value is -2.26. The molecule has 0 saturated heterocycles.